The topological polar surface area (TPSA) is 72.2 Å². The van der Waals surface area contributed by atoms with Gasteiger partial charge in [0, 0.05) is 11.1 Å². The van der Waals surface area contributed by atoms with Crippen LogP contribution < -0.4 is 0 Å². The van der Waals surface area contributed by atoms with Gasteiger partial charge in [0.1, 0.15) is 5.82 Å². The molecule has 2 aromatic carbocycles. The van der Waals surface area contributed by atoms with Crippen molar-refractivity contribution in [3.8, 4) is 11.3 Å². The molecule has 0 atom stereocenters. The van der Waals surface area contributed by atoms with Crippen LogP contribution in [0.1, 0.15) is 57.7 Å². The molecule has 1 saturated carbocycles. The van der Waals surface area contributed by atoms with Gasteiger partial charge in [0.2, 0.25) is 0 Å². The van der Waals surface area contributed by atoms with Crippen LogP contribution in [0.2, 0.25) is 10.0 Å². The molecule has 3 aromatic rings. The molecule has 31 heavy (non-hydrogen) atoms. The van der Waals surface area contributed by atoms with Crippen LogP contribution in [0.5, 0.6) is 0 Å². The predicted molar refractivity (Wildman–Crippen MR) is 115 cm³/mol. The van der Waals surface area contributed by atoms with Crippen molar-refractivity contribution >= 4 is 35.1 Å². The molecule has 0 bridgehead atoms. The minimum Gasteiger partial charge on any atom is -0.478 e. The maximum atomic E-state index is 15.0. The number of hydrogen-bond donors (Lipinski definition) is 1. The fraction of sp³-hybridized carbons (Fsp3) is 0.261. The summed E-state index contributed by atoms with van der Waals surface area (Å²) in [6.45, 7) is 0. The molecule has 1 fully saturated rings. The summed E-state index contributed by atoms with van der Waals surface area (Å²) in [5, 5.41) is 14.1. The number of fused-ring (bicyclic) bond motifs is 2. The molecular formula is C23H17Cl2FN2O3. The van der Waals surface area contributed by atoms with Gasteiger partial charge in [0.05, 0.1) is 32.6 Å². The van der Waals surface area contributed by atoms with Crippen LogP contribution in [0.25, 0.3) is 11.3 Å². The number of carboxylic acid groups (broad SMARTS) is 1. The van der Waals surface area contributed by atoms with Gasteiger partial charge in [-0.2, -0.15) is 9.78 Å². The second-order valence-electron chi connectivity index (χ2n) is 8.12. The van der Waals surface area contributed by atoms with Gasteiger partial charge in [0.15, 0.2) is 0 Å². The van der Waals surface area contributed by atoms with Crippen LogP contribution in [0.15, 0.2) is 36.4 Å². The standard InChI is InChI=1S/C23H17Cl2FN2O3/c24-14-3-1-4-15(25)18(14)21(29)28-17-5-2-8-23(9-10-23)19(17)20(27-28)13-7-6-12(22(30)31)11-16(13)26/h1,3-4,6-7,11H,2,5,8-10H2,(H,30,31). The summed E-state index contributed by atoms with van der Waals surface area (Å²) >= 11 is 12.5. The summed E-state index contributed by atoms with van der Waals surface area (Å²) in [6, 6.07) is 8.58. The second kappa shape index (κ2) is 7.18. The lowest BCUT2D eigenvalue weighted by molar-refractivity contribution is 0.0696. The lowest BCUT2D eigenvalue weighted by Crippen LogP contribution is -2.22. The summed E-state index contributed by atoms with van der Waals surface area (Å²) in [6.07, 6.45) is 4.40. The normalized spacial score (nSPS) is 16.2. The third-order valence-electron chi connectivity index (χ3n) is 6.27. The predicted octanol–water partition coefficient (Wildman–Crippen LogP) is 5.75. The van der Waals surface area contributed by atoms with Crippen molar-refractivity contribution in [2.75, 3.05) is 0 Å². The maximum absolute atomic E-state index is 15.0. The van der Waals surface area contributed by atoms with Crippen LogP contribution in [-0.2, 0) is 11.8 Å². The SMILES string of the molecule is O=C(O)c1ccc(-c2nn(C(=O)c3c(Cl)cccc3Cl)c3c2C2(CCC3)CC2)c(F)c1. The lowest BCUT2D eigenvalue weighted by atomic mass is 9.81. The fourth-order valence-corrected chi connectivity index (χ4v) is 5.18. The summed E-state index contributed by atoms with van der Waals surface area (Å²) < 4.78 is 16.3. The molecule has 5 rings (SSSR count). The highest BCUT2D eigenvalue weighted by atomic mass is 35.5. The average molecular weight is 459 g/mol. The number of benzene rings is 2. The molecule has 0 amide bonds. The fourth-order valence-electron chi connectivity index (χ4n) is 4.62. The van der Waals surface area contributed by atoms with Crippen LogP contribution in [-0.4, -0.2) is 26.8 Å². The Morgan fingerprint density at radius 1 is 1.10 bits per heavy atom. The van der Waals surface area contributed by atoms with Crippen molar-refractivity contribution < 1.29 is 19.1 Å². The lowest BCUT2D eigenvalue weighted by Gasteiger charge is -2.23. The summed E-state index contributed by atoms with van der Waals surface area (Å²) in [7, 11) is 0. The highest BCUT2D eigenvalue weighted by Crippen LogP contribution is 2.58. The Labute approximate surface area is 187 Å². The molecule has 2 aliphatic rings. The van der Waals surface area contributed by atoms with E-state index in [4.69, 9.17) is 28.3 Å². The van der Waals surface area contributed by atoms with E-state index in [2.05, 4.69) is 5.10 Å². The molecule has 1 N–H and O–H groups in total. The van der Waals surface area contributed by atoms with Crippen molar-refractivity contribution in [3.05, 3.63) is 74.6 Å². The van der Waals surface area contributed by atoms with E-state index < -0.39 is 17.7 Å². The molecule has 0 unspecified atom stereocenters. The zero-order chi connectivity index (χ0) is 21.9. The van der Waals surface area contributed by atoms with Crippen molar-refractivity contribution in [2.24, 2.45) is 0 Å². The van der Waals surface area contributed by atoms with E-state index >= 15 is 0 Å². The van der Waals surface area contributed by atoms with E-state index in [1.807, 2.05) is 0 Å². The van der Waals surface area contributed by atoms with Gasteiger partial charge < -0.3 is 5.11 Å². The van der Waals surface area contributed by atoms with E-state index in [0.29, 0.717) is 12.1 Å². The molecule has 0 radical (unpaired) electrons. The first kappa shape index (κ1) is 20.2. The first-order valence-corrected chi connectivity index (χ1v) is 10.7. The maximum Gasteiger partial charge on any atom is 0.335 e. The highest BCUT2D eigenvalue weighted by molar-refractivity contribution is 6.39. The Bertz CT molecular complexity index is 1240. The first-order valence-electron chi connectivity index (χ1n) is 9.97. The molecular weight excluding hydrogens is 442 g/mol. The van der Waals surface area contributed by atoms with Gasteiger partial charge in [-0.15, -0.1) is 0 Å². The zero-order valence-corrected chi connectivity index (χ0v) is 17.8. The minimum atomic E-state index is -1.21. The number of hydrogen-bond acceptors (Lipinski definition) is 3. The molecule has 2 aliphatic carbocycles. The second-order valence-corrected chi connectivity index (χ2v) is 8.93. The smallest absolute Gasteiger partial charge is 0.335 e. The van der Waals surface area contributed by atoms with Gasteiger partial charge in [-0.05, 0) is 67.9 Å². The number of carboxylic acids is 1. The van der Waals surface area contributed by atoms with E-state index in [0.717, 1.165) is 43.0 Å². The molecule has 8 heteroatoms. The number of halogens is 3. The molecule has 1 aromatic heterocycles. The Morgan fingerprint density at radius 2 is 1.81 bits per heavy atom. The Balaban J connectivity index is 1.72. The average Bonchev–Trinajstić information content (AvgIpc) is 3.37. The summed E-state index contributed by atoms with van der Waals surface area (Å²) in [5.74, 6) is -2.35. The molecule has 0 aliphatic heterocycles. The van der Waals surface area contributed by atoms with Crippen molar-refractivity contribution in [1.29, 1.82) is 0 Å². The van der Waals surface area contributed by atoms with Gasteiger partial charge in [-0.25, -0.2) is 9.18 Å². The van der Waals surface area contributed by atoms with Crippen LogP contribution in [0.4, 0.5) is 4.39 Å². The third kappa shape index (κ3) is 3.17. The number of nitrogens with zero attached hydrogens (tertiary/aromatic N) is 2. The molecule has 5 nitrogen and oxygen atoms in total. The Kier molecular flexibility index (Phi) is 4.68. The molecule has 0 saturated heterocycles. The number of aromatic carboxylic acids is 1. The summed E-state index contributed by atoms with van der Waals surface area (Å²) in [4.78, 5) is 24.6. The van der Waals surface area contributed by atoms with Crippen LogP contribution in [0.3, 0.4) is 0 Å². The quantitative estimate of drug-likeness (QED) is 0.542. The number of carbonyl (C=O) groups is 2. The van der Waals surface area contributed by atoms with Gasteiger partial charge in [-0.1, -0.05) is 29.3 Å². The van der Waals surface area contributed by atoms with E-state index in [1.54, 1.807) is 18.2 Å². The van der Waals surface area contributed by atoms with Crippen LogP contribution in [0, 0.1) is 5.82 Å². The highest BCUT2D eigenvalue weighted by Gasteiger charge is 2.51. The molecule has 1 spiro atoms. The summed E-state index contributed by atoms with van der Waals surface area (Å²) in [5.41, 5.74) is 2.11. The number of carbonyl (C=O) groups excluding carboxylic acids is 1. The number of aromatic nitrogens is 2. The third-order valence-corrected chi connectivity index (χ3v) is 6.90. The van der Waals surface area contributed by atoms with Crippen molar-refractivity contribution in [2.45, 2.75) is 37.5 Å². The Hall–Kier alpha value is -2.70. The van der Waals surface area contributed by atoms with Gasteiger partial charge in [-0.3, -0.25) is 4.79 Å². The molecule has 1 heterocycles. The van der Waals surface area contributed by atoms with E-state index in [1.165, 1.54) is 16.8 Å². The Morgan fingerprint density at radius 3 is 2.42 bits per heavy atom. The van der Waals surface area contributed by atoms with Crippen molar-refractivity contribution in [1.82, 2.24) is 9.78 Å². The molecule has 158 valence electrons. The largest absolute Gasteiger partial charge is 0.478 e. The van der Waals surface area contributed by atoms with E-state index in [9.17, 15) is 14.0 Å². The van der Waals surface area contributed by atoms with Crippen molar-refractivity contribution in [3.63, 3.8) is 0 Å². The minimum absolute atomic E-state index is 0.108. The number of rotatable bonds is 3. The monoisotopic (exact) mass is 458 g/mol. The van der Waals surface area contributed by atoms with Gasteiger partial charge in [0.25, 0.3) is 5.91 Å². The first-order chi connectivity index (χ1) is 14.8. The van der Waals surface area contributed by atoms with Crippen LogP contribution >= 0.6 is 23.2 Å². The van der Waals surface area contributed by atoms with Gasteiger partial charge >= 0.3 is 5.97 Å². The zero-order valence-electron chi connectivity index (χ0n) is 16.3. The van der Waals surface area contributed by atoms with E-state index in [-0.39, 0.29) is 32.2 Å².